The number of fused-ring (bicyclic) bond motifs is 3. The number of amides is 1. The lowest BCUT2D eigenvalue weighted by atomic mass is 10.0. The minimum absolute atomic E-state index is 0.113. The van der Waals surface area contributed by atoms with Crippen LogP contribution in [0.15, 0.2) is 81.4 Å². The number of carbonyl (C=O) groups is 1. The van der Waals surface area contributed by atoms with Gasteiger partial charge in [0.05, 0.1) is 5.69 Å². The molecule has 0 radical (unpaired) electrons. The van der Waals surface area contributed by atoms with E-state index in [9.17, 15) is 9.59 Å². The van der Waals surface area contributed by atoms with Gasteiger partial charge in [0, 0.05) is 53.0 Å². The fraction of sp³-hybridized carbons (Fsp3) is 0.160. The van der Waals surface area contributed by atoms with E-state index in [0.717, 1.165) is 27.5 Å². The van der Waals surface area contributed by atoms with Crippen molar-refractivity contribution < 1.29 is 4.79 Å². The number of hydrogen-bond acceptors (Lipinski definition) is 5. The molecule has 1 N–H and O–H groups in total. The number of thiophene rings is 1. The molecule has 1 atom stereocenters. The van der Waals surface area contributed by atoms with Crippen molar-refractivity contribution in [2.75, 3.05) is 0 Å². The number of nitrogens with one attached hydrogen (secondary N) is 1. The Morgan fingerprint density at radius 3 is 2.88 bits per heavy atom. The number of nitrogens with zero attached hydrogens (tertiary/aromatic N) is 2. The van der Waals surface area contributed by atoms with Crippen molar-refractivity contribution in [3.8, 4) is 5.69 Å². The molecule has 1 unspecified atom stereocenters. The highest BCUT2D eigenvalue weighted by Crippen LogP contribution is 2.44. The predicted molar refractivity (Wildman–Crippen MR) is 129 cm³/mol. The predicted octanol–water partition coefficient (Wildman–Crippen LogP) is 4.92. The number of pyridine rings is 2. The zero-order valence-electron chi connectivity index (χ0n) is 17.4. The van der Waals surface area contributed by atoms with Crippen LogP contribution in [0.2, 0.25) is 0 Å². The zero-order valence-corrected chi connectivity index (χ0v) is 19.1. The number of aromatic nitrogens is 2. The van der Waals surface area contributed by atoms with Crippen LogP contribution < -0.4 is 10.7 Å². The van der Waals surface area contributed by atoms with Crippen LogP contribution in [0, 0.1) is 6.92 Å². The molecule has 4 aromatic rings. The molecule has 0 spiro atoms. The van der Waals surface area contributed by atoms with Crippen LogP contribution >= 0.6 is 23.1 Å². The van der Waals surface area contributed by atoms with E-state index < -0.39 is 0 Å². The first-order valence-electron chi connectivity index (χ1n) is 10.3. The summed E-state index contributed by atoms with van der Waals surface area (Å²) in [4.78, 5) is 31.6. The van der Waals surface area contributed by atoms with E-state index in [4.69, 9.17) is 0 Å². The van der Waals surface area contributed by atoms with E-state index in [0.29, 0.717) is 13.0 Å². The molecule has 160 valence electrons. The quantitative estimate of drug-likeness (QED) is 0.470. The van der Waals surface area contributed by atoms with Gasteiger partial charge in [-0.1, -0.05) is 18.2 Å². The Balaban J connectivity index is 1.63. The van der Waals surface area contributed by atoms with Crippen LogP contribution in [0.4, 0.5) is 0 Å². The van der Waals surface area contributed by atoms with E-state index in [2.05, 4.69) is 43.8 Å². The molecule has 1 amide bonds. The summed E-state index contributed by atoms with van der Waals surface area (Å²) in [6.45, 7) is 2.24. The lowest BCUT2D eigenvalue weighted by Crippen LogP contribution is -2.32. The molecule has 0 saturated carbocycles. The maximum atomic E-state index is 13.3. The van der Waals surface area contributed by atoms with Crippen LogP contribution in [0.5, 0.6) is 0 Å². The van der Waals surface area contributed by atoms with Crippen molar-refractivity contribution in [3.05, 3.63) is 110 Å². The lowest BCUT2D eigenvalue weighted by Gasteiger charge is -2.20. The highest BCUT2D eigenvalue weighted by Gasteiger charge is 2.29. The topological polar surface area (TPSA) is 64.0 Å². The van der Waals surface area contributed by atoms with Gasteiger partial charge in [0.15, 0.2) is 5.43 Å². The summed E-state index contributed by atoms with van der Waals surface area (Å²) < 4.78 is 2.08. The van der Waals surface area contributed by atoms with Crippen LogP contribution in [0.3, 0.4) is 0 Å². The zero-order chi connectivity index (χ0) is 22.1. The maximum absolute atomic E-state index is 13.3. The summed E-state index contributed by atoms with van der Waals surface area (Å²) in [6.07, 6.45) is 3.99. The van der Waals surface area contributed by atoms with Crippen molar-refractivity contribution >= 4 is 29.0 Å². The van der Waals surface area contributed by atoms with Crippen LogP contribution in [0.1, 0.15) is 38.1 Å². The molecule has 0 bridgehead atoms. The molecular weight excluding hydrogens is 438 g/mol. The molecule has 0 aliphatic carbocycles. The fourth-order valence-electron chi connectivity index (χ4n) is 4.09. The Morgan fingerprint density at radius 1 is 1.22 bits per heavy atom. The Hall–Kier alpha value is -3.16. The van der Waals surface area contributed by atoms with E-state index in [1.807, 2.05) is 31.2 Å². The molecule has 0 fully saturated rings. The van der Waals surface area contributed by atoms with Crippen LogP contribution in [-0.2, 0) is 13.0 Å². The van der Waals surface area contributed by atoms with Gasteiger partial charge in [-0.15, -0.1) is 11.8 Å². The van der Waals surface area contributed by atoms with Crippen molar-refractivity contribution in [2.45, 2.75) is 30.0 Å². The Labute approximate surface area is 194 Å². The molecule has 5 nitrogen and oxygen atoms in total. The van der Waals surface area contributed by atoms with E-state index in [1.165, 1.54) is 5.56 Å². The second kappa shape index (κ2) is 8.76. The fourth-order valence-corrected chi connectivity index (χ4v) is 6.16. The third-order valence-electron chi connectivity index (χ3n) is 5.57. The largest absolute Gasteiger partial charge is 0.348 e. The van der Waals surface area contributed by atoms with E-state index >= 15 is 0 Å². The lowest BCUT2D eigenvalue weighted by molar-refractivity contribution is 0.0948. The normalized spacial score (nSPS) is 14.8. The first kappa shape index (κ1) is 20.7. The summed E-state index contributed by atoms with van der Waals surface area (Å²) in [7, 11) is 0. The number of para-hydroxylation sites is 1. The Kier molecular flexibility index (Phi) is 5.68. The van der Waals surface area contributed by atoms with Gasteiger partial charge in [0.2, 0.25) is 0 Å². The number of rotatable bonds is 4. The SMILES string of the molecule is Cc1cc(=O)c(C(=O)NCc2cccnc2)c2n1-c1ccccc1SC(c1ccsc1)C2. The third kappa shape index (κ3) is 3.89. The molecule has 1 aromatic carbocycles. The molecule has 0 saturated heterocycles. The van der Waals surface area contributed by atoms with Crippen molar-refractivity contribution in [1.29, 1.82) is 0 Å². The van der Waals surface area contributed by atoms with Gasteiger partial charge < -0.3 is 9.88 Å². The molecule has 5 rings (SSSR count). The summed E-state index contributed by atoms with van der Waals surface area (Å²) in [5, 5.41) is 7.25. The van der Waals surface area contributed by atoms with E-state index in [1.54, 1.807) is 41.6 Å². The van der Waals surface area contributed by atoms with Gasteiger partial charge in [-0.2, -0.15) is 11.3 Å². The summed E-state index contributed by atoms with van der Waals surface area (Å²) in [6, 6.07) is 15.6. The van der Waals surface area contributed by atoms with Crippen molar-refractivity contribution in [3.63, 3.8) is 0 Å². The number of carbonyl (C=O) groups excluding carboxylic acids is 1. The standard InChI is InChI=1S/C25H21N3O2S2/c1-16-11-21(29)24(25(30)27-14-17-5-4-9-26-13-17)20-12-23(18-8-10-31-15-18)32-22-7-3-2-6-19(22)28(16)20/h2-11,13,15,23H,12,14H2,1H3,(H,27,30). The average Bonchev–Trinajstić information content (AvgIpc) is 3.27. The van der Waals surface area contributed by atoms with Crippen LogP contribution in [0.25, 0.3) is 5.69 Å². The summed E-state index contributed by atoms with van der Waals surface area (Å²) >= 11 is 3.44. The molecule has 32 heavy (non-hydrogen) atoms. The minimum atomic E-state index is -0.351. The summed E-state index contributed by atoms with van der Waals surface area (Å²) in [5.41, 5.74) is 4.65. The first-order chi connectivity index (χ1) is 15.6. The van der Waals surface area contributed by atoms with Crippen molar-refractivity contribution in [2.24, 2.45) is 0 Å². The molecule has 7 heteroatoms. The Morgan fingerprint density at radius 2 is 2.09 bits per heavy atom. The molecule has 1 aliphatic heterocycles. The number of benzene rings is 1. The maximum Gasteiger partial charge on any atom is 0.257 e. The van der Waals surface area contributed by atoms with Crippen molar-refractivity contribution in [1.82, 2.24) is 14.9 Å². The Bertz CT molecular complexity index is 1330. The minimum Gasteiger partial charge on any atom is -0.348 e. The molecule has 1 aliphatic rings. The van der Waals surface area contributed by atoms with Gasteiger partial charge in [0.1, 0.15) is 5.56 Å². The summed E-state index contributed by atoms with van der Waals surface area (Å²) in [5.74, 6) is -0.351. The van der Waals surface area contributed by atoms with E-state index in [-0.39, 0.29) is 22.1 Å². The number of hydrogen-bond donors (Lipinski definition) is 1. The van der Waals surface area contributed by atoms with Gasteiger partial charge in [-0.3, -0.25) is 14.6 Å². The molecule has 3 aromatic heterocycles. The molecular formula is C25H21N3O2S2. The number of aryl methyl sites for hydroxylation is 1. The number of thioether (sulfide) groups is 1. The van der Waals surface area contributed by atoms with Gasteiger partial charge in [-0.05, 0) is 53.1 Å². The monoisotopic (exact) mass is 459 g/mol. The second-order valence-electron chi connectivity index (χ2n) is 7.69. The smallest absolute Gasteiger partial charge is 0.257 e. The average molecular weight is 460 g/mol. The van der Waals surface area contributed by atoms with Gasteiger partial charge >= 0.3 is 0 Å². The van der Waals surface area contributed by atoms with Gasteiger partial charge in [0.25, 0.3) is 5.91 Å². The third-order valence-corrected chi connectivity index (χ3v) is 7.59. The highest BCUT2D eigenvalue weighted by atomic mass is 32.2. The first-order valence-corrected chi connectivity index (χ1v) is 12.1. The second-order valence-corrected chi connectivity index (χ2v) is 9.71. The highest BCUT2D eigenvalue weighted by molar-refractivity contribution is 7.99. The van der Waals surface area contributed by atoms with Crippen LogP contribution in [-0.4, -0.2) is 15.5 Å². The molecule has 4 heterocycles. The van der Waals surface area contributed by atoms with Gasteiger partial charge in [-0.25, -0.2) is 0 Å².